The number of aldehydes is 1. The zero-order valence-electron chi connectivity index (χ0n) is 11.6. The van der Waals surface area contributed by atoms with Crippen molar-refractivity contribution in [2.75, 3.05) is 0 Å². The normalized spacial score (nSPS) is 9.74. The van der Waals surface area contributed by atoms with Crippen LogP contribution in [0.1, 0.15) is 15.9 Å². The molecule has 0 atom stereocenters. The monoisotopic (exact) mass is 317 g/mol. The van der Waals surface area contributed by atoms with Gasteiger partial charge in [-0.05, 0) is 0 Å². The number of nitro groups is 2. The van der Waals surface area contributed by atoms with Gasteiger partial charge in [0.05, 0.1) is 16.1 Å². The van der Waals surface area contributed by atoms with Crippen molar-refractivity contribution in [1.82, 2.24) is 0 Å². The van der Waals surface area contributed by atoms with E-state index in [2.05, 4.69) is 5.16 Å². The Kier molecular flexibility index (Phi) is 6.53. The Balaban J connectivity index is 0.000000231. The van der Waals surface area contributed by atoms with Gasteiger partial charge in [0.2, 0.25) is 0 Å². The highest BCUT2D eigenvalue weighted by molar-refractivity contribution is 5.80. The molecule has 0 amide bonds. The summed E-state index contributed by atoms with van der Waals surface area (Å²) in [6.45, 7) is 0. The first-order valence-electron chi connectivity index (χ1n) is 6.09. The van der Waals surface area contributed by atoms with Crippen LogP contribution in [0.4, 0.5) is 11.4 Å². The number of benzene rings is 2. The van der Waals surface area contributed by atoms with Crippen LogP contribution in [-0.4, -0.2) is 27.6 Å². The minimum Gasteiger partial charge on any atom is -0.411 e. The Bertz CT molecular complexity index is 745. The fourth-order valence-electron chi connectivity index (χ4n) is 1.50. The third-order valence-corrected chi connectivity index (χ3v) is 2.50. The Morgan fingerprint density at radius 1 is 0.913 bits per heavy atom. The molecule has 0 spiro atoms. The van der Waals surface area contributed by atoms with Gasteiger partial charge in [0.25, 0.3) is 11.4 Å². The van der Waals surface area contributed by atoms with E-state index in [4.69, 9.17) is 5.21 Å². The van der Waals surface area contributed by atoms with Crippen molar-refractivity contribution in [3.63, 3.8) is 0 Å². The van der Waals surface area contributed by atoms with Crippen molar-refractivity contribution in [2.45, 2.75) is 0 Å². The summed E-state index contributed by atoms with van der Waals surface area (Å²) < 4.78 is 0. The fourth-order valence-corrected chi connectivity index (χ4v) is 1.50. The first-order valence-corrected chi connectivity index (χ1v) is 6.09. The van der Waals surface area contributed by atoms with Gasteiger partial charge in [-0.15, -0.1) is 0 Å². The van der Waals surface area contributed by atoms with Gasteiger partial charge in [0, 0.05) is 35.4 Å². The highest BCUT2D eigenvalue weighted by Crippen LogP contribution is 2.11. The van der Waals surface area contributed by atoms with Crippen molar-refractivity contribution >= 4 is 23.9 Å². The van der Waals surface area contributed by atoms with Crippen LogP contribution in [0, 0.1) is 20.2 Å². The summed E-state index contributed by atoms with van der Waals surface area (Å²) in [6, 6.07) is 11.4. The molecule has 0 radical (unpaired) electrons. The molecule has 9 heteroatoms. The van der Waals surface area contributed by atoms with Gasteiger partial charge in [0.1, 0.15) is 6.29 Å². The van der Waals surface area contributed by atoms with Gasteiger partial charge in [0.15, 0.2) is 0 Å². The van der Waals surface area contributed by atoms with Crippen molar-refractivity contribution in [1.29, 1.82) is 0 Å². The zero-order valence-corrected chi connectivity index (χ0v) is 11.6. The molecule has 2 rings (SSSR count). The first kappa shape index (κ1) is 17.4. The predicted octanol–water partition coefficient (Wildman–Crippen LogP) is 2.81. The summed E-state index contributed by atoms with van der Waals surface area (Å²) in [6.07, 6.45) is 1.71. The quantitative estimate of drug-likeness (QED) is 0.303. The molecule has 0 bridgehead atoms. The molecule has 0 saturated carbocycles. The Hall–Kier alpha value is -3.62. The van der Waals surface area contributed by atoms with Gasteiger partial charge >= 0.3 is 0 Å². The molecular formula is C14H11N3O6. The molecule has 0 aliphatic carbocycles. The molecule has 0 aromatic heterocycles. The van der Waals surface area contributed by atoms with Crippen molar-refractivity contribution in [3.05, 3.63) is 79.9 Å². The van der Waals surface area contributed by atoms with Crippen LogP contribution >= 0.6 is 0 Å². The molecule has 0 heterocycles. The second kappa shape index (κ2) is 8.62. The maximum Gasteiger partial charge on any atom is 0.270 e. The molecule has 0 aliphatic rings. The summed E-state index contributed by atoms with van der Waals surface area (Å²) in [5.74, 6) is 0. The van der Waals surface area contributed by atoms with Gasteiger partial charge in [-0.1, -0.05) is 29.4 Å². The van der Waals surface area contributed by atoms with E-state index in [0.717, 1.165) is 6.21 Å². The highest BCUT2D eigenvalue weighted by Gasteiger charge is 2.04. The molecule has 0 aliphatic heterocycles. The number of nitro benzene ring substituents is 2. The van der Waals surface area contributed by atoms with E-state index in [9.17, 15) is 25.0 Å². The predicted molar refractivity (Wildman–Crippen MR) is 81.0 cm³/mol. The van der Waals surface area contributed by atoms with Crippen molar-refractivity contribution in [2.24, 2.45) is 5.16 Å². The van der Waals surface area contributed by atoms with Gasteiger partial charge in [-0.2, -0.15) is 0 Å². The van der Waals surface area contributed by atoms with Gasteiger partial charge < -0.3 is 5.21 Å². The Labute approximate surface area is 129 Å². The van der Waals surface area contributed by atoms with Crippen LogP contribution in [0.5, 0.6) is 0 Å². The van der Waals surface area contributed by atoms with Crippen LogP contribution in [-0.2, 0) is 0 Å². The lowest BCUT2D eigenvalue weighted by Gasteiger charge is -1.91. The van der Waals surface area contributed by atoms with Crippen LogP contribution in [0.25, 0.3) is 0 Å². The number of carbonyl (C=O) groups is 1. The van der Waals surface area contributed by atoms with Crippen LogP contribution < -0.4 is 0 Å². The molecule has 118 valence electrons. The molecule has 0 unspecified atom stereocenters. The SMILES string of the molecule is O=Cc1cccc([N+](=O)[O-])c1.O=[N+]([O-])c1cccc(/C=N/O)c1. The third kappa shape index (κ3) is 5.71. The van der Waals surface area contributed by atoms with E-state index >= 15 is 0 Å². The molecule has 0 saturated heterocycles. The molecule has 1 N–H and O–H groups in total. The molecule has 2 aromatic rings. The third-order valence-electron chi connectivity index (χ3n) is 2.50. The maximum absolute atomic E-state index is 10.3. The number of non-ortho nitro benzene ring substituents is 2. The summed E-state index contributed by atoms with van der Waals surface area (Å²) >= 11 is 0. The van der Waals surface area contributed by atoms with Gasteiger partial charge in [-0.3, -0.25) is 25.0 Å². The number of oxime groups is 1. The number of hydrogen-bond acceptors (Lipinski definition) is 7. The topological polar surface area (TPSA) is 136 Å². The highest BCUT2D eigenvalue weighted by atomic mass is 16.6. The average Bonchev–Trinajstić information content (AvgIpc) is 2.56. The van der Waals surface area contributed by atoms with Crippen LogP contribution in [0.15, 0.2) is 53.7 Å². The van der Waals surface area contributed by atoms with Gasteiger partial charge in [-0.25, -0.2) is 0 Å². The largest absolute Gasteiger partial charge is 0.411 e. The van der Waals surface area contributed by atoms with E-state index in [0.29, 0.717) is 17.4 Å². The van der Waals surface area contributed by atoms with E-state index in [1.54, 1.807) is 6.07 Å². The van der Waals surface area contributed by atoms with Crippen molar-refractivity contribution in [3.8, 4) is 0 Å². The smallest absolute Gasteiger partial charge is 0.270 e. The van der Waals surface area contributed by atoms with E-state index in [1.165, 1.54) is 42.5 Å². The Morgan fingerprint density at radius 2 is 1.39 bits per heavy atom. The lowest BCUT2D eigenvalue weighted by Crippen LogP contribution is -1.89. The summed E-state index contributed by atoms with van der Waals surface area (Å²) in [7, 11) is 0. The Morgan fingerprint density at radius 3 is 1.83 bits per heavy atom. The average molecular weight is 317 g/mol. The zero-order chi connectivity index (χ0) is 17.2. The first-order chi connectivity index (χ1) is 11.0. The summed E-state index contributed by atoms with van der Waals surface area (Å²) in [5, 5.41) is 31.3. The summed E-state index contributed by atoms with van der Waals surface area (Å²) in [5.41, 5.74) is 0.730. The van der Waals surface area contributed by atoms with E-state index < -0.39 is 9.85 Å². The van der Waals surface area contributed by atoms with E-state index in [-0.39, 0.29) is 11.4 Å². The minimum absolute atomic E-state index is 0.0209. The lowest BCUT2D eigenvalue weighted by molar-refractivity contribution is -0.385. The molecule has 23 heavy (non-hydrogen) atoms. The lowest BCUT2D eigenvalue weighted by atomic mass is 10.2. The molecule has 0 fully saturated rings. The molecular weight excluding hydrogens is 306 g/mol. The standard InChI is InChI=1S/C7H6N2O3.C7H5NO3/c10-8-5-6-2-1-3-7(4-6)9(11)12;9-5-6-2-1-3-7(4-6)8(10)11/h1-5,10H;1-5H/b8-5+;. The second-order valence-electron chi connectivity index (χ2n) is 4.07. The van der Waals surface area contributed by atoms with Crippen LogP contribution in [0.3, 0.4) is 0 Å². The molecule has 2 aromatic carbocycles. The maximum atomic E-state index is 10.3. The summed E-state index contributed by atoms with van der Waals surface area (Å²) in [4.78, 5) is 29.5. The molecule has 9 nitrogen and oxygen atoms in total. The number of carbonyl (C=O) groups excluding carboxylic acids is 1. The second-order valence-corrected chi connectivity index (χ2v) is 4.07. The number of nitrogens with zero attached hydrogens (tertiary/aromatic N) is 3. The fraction of sp³-hybridized carbons (Fsp3) is 0. The van der Waals surface area contributed by atoms with Crippen molar-refractivity contribution < 1.29 is 19.8 Å². The minimum atomic E-state index is -0.535. The van der Waals surface area contributed by atoms with E-state index in [1.807, 2.05) is 0 Å². The number of rotatable bonds is 4. The van der Waals surface area contributed by atoms with Crippen LogP contribution in [0.2, 0.25) is 0 Å². The number of hydrogen-bond donors (Lipinski definition) is 1.